The largest absolute Gasteiger partial charge is 0.486 e. The van der Waals surface area contributed by atoms with Gasteiger partial charge in [-0.2, -0.15) is 9.98 Å². The molecule has 0 radical (unpaired) electrons. The van der Waals surface area contributed by atoms with Gasteiger partial charge < -0.3 is 55.7 Å². The van der Waals surface area contributed by atoms with E-state index in [0.29, 0.717) is 29.1 Å². The van der Waals surface area contributed by atoms with Crippen molar-refractivity contribution in [3.05, 3.63) is 112 Å². The number of nitrogens with two attached hydrogens (primary N) is 2. The number of aliphatic hydroxyl groups is 4. The van der Waals surface area contributed by atoms with Gasteiger partial charge in [0.25, 0.3) is 0 Å². The number of para-hydroxylation sites is 1. The summed E-state index contributed by atoms with van der Waals surface area (Å²) >= 11 is 0. The van der Waals surface area contributed by atoms with Gasteiger partial charge in [-0.3, -0.25) is 19.4 Å². The van der Waals surface area contributed by atoms with Gasteiger partial charge in [0, 0.05) is 40.6 Å². The van der Waals surface area contributed by atoms with E-state index in [1.165, 1.54) is 12.1 Å². The molecule has 1 saturated heterocycles. The van der Waals surface area contributed by atoms with Crippen molar-refractivity contribution in [3.8, 4) is 11.5 Å². The average molecular weight is 806 g/mol. The summed E-state index contributed by atoms with van der Waals surface area (Å²) in [6.45, 7) is -1.49. The summed E-state index contributed by atoms with van der Waals surface area (Å²) in [6, 6.07) is 18.4. The van der Waals surface area contributed by atoms with Crippen LogP contribution in [0.3, 0.4) is 0 Å². The number of anilines is 2. The van der Waals surface area contributed by atoms with Gasteiger partial charge in [-0.05, 0) is 41.8 Å². The molecule has 0 spiro atoms. The minimum Gasteiger partial charge on any atom is -0.486 e. The number of pyridine rings is 1. The molecule has 18 nitrogen and oxygen atoms in total. The number of nitrogen functional groups attached to an aromatic ring is 1. The van der Waals surface area contributed by atoms with Crippen molar-refractivity contribution in [2.24, 2.45) is 20.7 Å². The number of hydrogen-bond donors (Lipinski definition) is 6. The van der Waals surface area contributed by atoms with E-state index in [2.05, 4.69) is 20.0 Å². The third-order valence-corrected chi connectivity index (χ3v) is 10.3. The molecule has 3 aromatic carbocycles. The molecule has 8 rings (SSSR count). The smallest absolute Gasteiger partial charge is 0.302 e. The molecule has 4 heterocycles. The number of fused-ring (bicyclic) bond motifs is 3. The predicted octanol–water partition coefficient (Wildman–Crippen LogP) is 0.319. The molecular formula is C41H39N7O11. The quantitative estimate of drug-likeness (QED) is 0.0935. The zero-order chi connectivity index (χ0) is 41.4. The molecule has 59 heavy (non-hydrogen) atoms. The summed E-state index contributed by atoms with van der Waals surface area (Å²) in [4.78, 5) is 59.2. The van der Waals surface area contributed by atoms with Gasteiger partial charge >= 0.3 is 5.91 Å². The normalized spacial score (nSPS) is 22.2. The molecule has 18 heteroatoms. The fourth-order valence-corrected chi connectivity index (χ4v) is 7.50. The number of ketones is 2. The Morgan fingerprint density at radius 3 is 2.37 bits per heavy atom. The number of carbonyl (C=O) groups is 3. The second kappa shape index (κ2) is 16.5. The van der Waals surface area contributed by atoms with E-state index in [4.69, 9.17) is 30.4 Å². The summed E-state index contributed by atoms with van der Waals surface area (Å²) in [5.74, 6) is -1.65. The van der Waals surface area contributed by atoms with Crippen LogP contribution in [0, 0.1) is 0 Å². The van der Waals surface area contributed by atoms with Crippen molar-refractivity contribution in [1.29, 1.82) is 0 Å². The molecule has 5 atom stereocenters. The molecule has 1 aromatic heterocycles. The number of aromatic nitrogens is 1. The van der Waals surface area contributed by atoms with Crippen molar-refractivity contribution < 1.29 is 53.8 Å². The molecule has 304 valence electrons. The number of aliphatic imine (C=N–C) groups is 3. The van der Waals surface area contributed by atoms with Crippen LogP contribution in [0.1, 0.15) is 48.5 Å². The summed E-state index contributed by atoms with van der Waals surface area (Å²) in [5, 5.41) is 42.5. The molecule has 8 N–H and O–H groups in total. The molecule has 1 aliphatic carbocycles. The summed E-state index contributed by atoms with van der Waals surface area (Å²) in [7, 11) is 0. The van der Waals surface area contributed by atoms with Gasteiger partial charge in [0.15, 0.2) is 34.6 Å². The maximum absolute atomic E-state index is 14.3. The summed E-state index contributed by atoms with van der Waals surface area (Å²) in [6.07, 6.45) is -5.61. The van der Waals surface area contributed by atoms with Crippen LogP contribution < -0.4 is 25.8 Å². The van der Waals surface area contributed by atoms with E-state index in [1.807, 2.05) is 0 Å². The van der Waals surface area contributed by atoms with Crippen LogP contribution in [0.15, 0.2) is 87.9 Å². The maximum Gasteiger partial charge on any atom is 0.302 e. The number of benzene rings is 3. The van der Waals surface area contributed by atoms with Crippen LogP contribution in [-0.4, -0.2) is 124 Å². The highest BCUT2D eigenvalue weighted by Gasteiger charge is 2.47. The average Bonchev–Trinajstić information content (AvgIpc) is 3.66. The maximum atomic E-state index is 14.3. The lowest BCUT2D eigenvalue weighted by molar-refractivity contribution is -0.287. The monoisotopic (exact) mass is 805 g/mol. The van der Waals surface area contributed by atoms with Gasteiger partial charge in [0.1, 0.15) is 43.5 Å². The van der Waals surface area contributed by atoms with E-state index in [-0.39, 0.29) is 77.6 Å². The molecule has 3 aliphatic heterocycles. The number of carbonyl (C=O) groups excluding carboxylic acids is 3. The standard InChI is InChI=1S/C41H39N7O11/c42-28-15-20(9-11-44-28)10-13-56-37-34(54)33(53)27(18-50)58-40(37)59-35-22(16-21-5-1-4-8-26(21)48-19-45-30-38(48)46-41(43)47-39(30)55)17-25-29(36(35)57-14-12-49)32(52)24-7-3-2-6-23(24)31(25)51/h1-9,11,15,17,27,33-34,37,40,49-50,53-54H,10,12-14,16,18-19H2,(H2,42,44)(H2,43,47,55)/t27-,33-,34+,37-,40+/m0/s1. The molecule has 1 amide bonds. The predicted molar refractivity (Wildman–Crippen MR) is 211 cm³/mol. The van der Waals surface area contributed by atoms with Gasteiger partial charge in [-0.1, -0.05) is 42.5 Å². The highest BCUT2D eigenvalue weighted by atomic mass is 16.7. The Morgan fingerprint density at radius 1 is 0.847 bits per heavy atom. The Kier molecular flexibility index (Phi) is 11.0. The first kappa shape index (κ1) is 39.4. The molecule has 1 fully saturated rings. The molecular weight excluding hydrogens is 766 g/mol. The first-order chi connectivity index (χ1) is 28.6. The number of nitrogens with zero attached hydrogens (tertiary/aromatic N) is 5. The molecule has 4 aliphatic rings. The van der Waals surface area contributed by atoms with Crippen molar-refractivity contribution in [2.75, 3.05) is 43.7 Å². The van der Waals surface area contributed by atoms with E-state index >= 15 is 0 Å². The second-order valence-electron chi connectivity index (χ2n) is 14.0. The number of amidine groups is 1. The summed E-state index contributed by atoms with van der Waals surface area (Å²) < 4.78 is 24.9. The second-order valence-corrected chi connectivity index (χ2v) is 14.0. The van der Waals surface area contributed by atoms with E-state index in [0.717, 1.165) is 5.56 Å². The lowest BCUT2D eigenvalue weighted by Crippen LogP contribution is -2.61. The van der Waals surface area contributed by atoms with E-state index in [1.54, 1.807) is 65.7 Å². The van der Waals surface area contributed by atoms with Crippen LogP contribution in [0.2, 0.25) is 0 Å². The molecule has 0 bridgehead atoms. The Labute approximate surface area is 336 Å². The first-order valence-corrected chi connectivity index (χ1v) is 18.7. The Morgan fingerprint density at radius 2 is 1.61 bits per heavy atom. The van der Waals surface area contributed by atoms with Crippen LogP contribution in [0.4, 0.5) is 11.5 Å². The van der Waals surface area contributed by atoms with Crippen molar-refractivity contribution in [3.63, 3.8) is 0 Å². The number of amides is 1. The minimum absolute atomic E-state index is 0.00548. The topological polar surface area (TPSA) is 274 Å². The highest BCUT2D eigenvalue weighted by Crippen LogP contribution is 2.45. The third kappa shape index (κ3) is 7.44. The number of hydrogen-bond acceptors (Lipinski definition) is 17. The highest BCUT2D eigenvalue weighted by molar-refractivity contribution is 6.72. The Balaban J connectivity index is 1.24. The van der Waals surface area contributed by atoms with E-state index < -0.39 is 61.4 Å². The van der Waals surface area contributed by atoms with Gasteiger partial charge in [-0.15, -0.1) is 0 Å². The lowest BCUT2D eigenvalue weighted by Gasteiger charge is -2.42. The summed E-state index contributed by atoms with van der Waals surface area (Å²) in [5.41, 5.74) is 14.2. The minimum atomic E-state index is -1.63. The van der Waals surface area contributed by atoms with Gasteiger partial charge in [0.2, 0.25) is 12.2 Å². The number of guanidine groups is 1. The first-order valence-electron chi connectivity index (χ1n) is 18.7. The van der Waals surface area contributed by atoms with Crippen molar-refractivity contribution in [1.82, 2.24) is 4.98 Å². The van der Waals surface area contributed by atoms with Gasteiger partial charge in [-0.25, -0.2) is 4.98 Å². The van der Waals surface area contributed by atoms with Crippen LogP contribution in [0.5, 0.6) is 11.5 Å². The van der Waals surface area contributed by atoms with Crippen LogP contribution >= 0.6 is 0 Å². The Bertz CT molecular complexity index is 2440. The molecule has 4 aromatic rings. The van der Waals surface area contributed by atoms with Crippen LogP contribution in [0.25, 0.3) is 0 Å². The van der Waals surface area contributed by atoms with E-state index in [9.17, 15) is 34.8 Å². The fourth-order valence-electron chi connectivity index (χ4n) is 7.50. The van der Waals surface area contributed by atoms with Crippen LogP contribution in [-0.2, 0) is 27.1 Å². The SMILES string of the molecule is NC1=NC(=O)C2=NCN(c3ccccc3Cc3cc4c(c(OCCO)c3O[C@H]3O[C@@H](CO)[C@H](O)[C@@H](O)[C@@H]3OCCc3ccnc(N)c3)C(=O)c3ccccc3C4=O)C2=N1. The van der Waals surface area contributed by atoms with Crippen molar-refractivity contribution >= 4 is 46.5 Å². The molecule has 0 saturated carbocycles. The zero-order valence-electron chi connectivity index (χ0n) is 31.3. The fraction of sp³-hybridized carbons (Fsp3) is 0.293. The number of aliphatic hydroxyl groups excluding tert-OH is 4. The number of rotatable bonds is 13. The zero-order valence-corrected chi connectivity index (χ0v) is 31.3. The lowest BCUT2D eigenvalue weighted by atomic mass is 9.81. The Hall–Kier alpha value is -6.41. The third-order valence-electron chi connectivity index (χ3n) is 10.3. The number of ether oxygens (including phenoxy) is 4. The van der Waals surface area contributed by atoms with Crippen molar-refractivity contribution in [2.45, 2.75) is 43.5 Å². The van der Waals surface area contributed by atoms with Gasteiger partial charge in [0.05, 0.1) is 25.4 Å². The molecule has 0 unspecified atom stereocenters.